The van der Waals surface area contributed by atoms with Gasteiger partial charge in [-0.25, -0.2) is 4.39 Å². The maximum Gasteiger partial charge on any atom is 0.277 e. The van der Waals surface area contributed by atoms with E-state index >= 15 is 0 Å². The molecule has 0 aliphatic rings. The SMILES string of the molecule is O=C(Nc1cc([N+](=O)[O-])ccc1F)c1cc([N+](=O)[O-])cc([N+](=O)[O-])c1. The van der Waals surface area contributed by atoms with Gasteiger partial charge in [0.25, 0.3) is 23.0 Å². The van der Waals surface area contributed by atoms with Gasteiger partial charge in [0, 0.05) is 24.3 Å². The van der Waals surface area contributed by atoms with Gasteiger partial charge in [0.1, 0.15) is 5.82 Å². The van der Waals surface area contributed by atoms with Crippen LogP contribution in [0.15, 0.2) is 36.4 Å². The normalized spacial score (nSPS) is 10.1. The van der Waals surface area contributed by atoms with E-state index < -0.39 is 54.8 Å². The molecule has 11 nitrogen and oxygen atoms in total. The molecule has 0 unspecified atom stereocenters. The molecule has 0 radical (unpaired) electrons. The zero-order valence-electron chi connectivity index (χ0n) is 12.0. The molecule has 0 aliphatic carbocycles. The lowest BCUT2D eigenvalue weighted by molar-refractivity contribution is -0.394. The number of hydrogen-bond donors (Lipinski definition) is 1. The lowest BCUT2D eigenvalue weighted by atomic mass is 10.1. The van der Waals surface area contributed by atoms with Gasteiger partial charge in [-0.1, -0.05) is 0 Å². The van der Waals surface area contributed by atoms with Crippen LogP contribution in [0.5, 0.6) is 0 Å². The molecule has 1 N–H and O–H groups in total. The molecule has 0 saturated carbocycles. The Labute approximate surface area is 137 Å². The van der Waals surface area contributed by atoms with Gasteiger partial charge in [0.2, 0.25) is 0 Å². The highest BCUT2D eigenvalue weighted by Crippen LogP contribution is 2.25. The van der Waals surface area contributed by atoms with Crippen molar-refractivity contribution < 1.29 is 24.0 Å². The summed E-state index contributed by atoms with van der Waals surface area (Å²) >= 11 is 0. The molecule has 0 spiro atoms. The molecular weight excluding hydrogens is 343 g/mol. The van der Waals surface area contributed by atoms with Crippen molar-refractivity contribution in [3.05, 3.63) is 78.1 Å². The summed E-state index contributed by atoms with van der Waals surface area (Å²) in [6.45, 7) is 0. The lowest BCUT2D eigenvalue weighted by Crippen LogP contribution is -2.14. The number of benzene rings is 2. The number of rotatable bonds is 5. The first-order valence-corrected chi connectivity index (χ1v) is 6.38. The van der Waals surface area contributed by atoms with Gasteiger partial charge in [0.05, 0.1) is 32.1 Å². The van der Waals surface area contributed by atoms with Crippen molar-refractivity contribution in [1.29, 1.82) is 0 Å². The Kier molecular flexibility index (Phi) is 4.63. The number of nitrogens with zero attached hydrogens (tertiary/aromatic N) is 3. The third-order valence-corrected chi connectivity index (χ3v) is 3.00. The zero-order chi connectivity index (χ0) is 18.7. The molecule has 2 rings (SSSR count). The topological polar surface area (TPSA) is 159 Å². The zero-order valence-corrected chi connectivity index (χ0v) is 12.0. The van der Waals surface area contributed by atoms with Crippen LogP contribution in [0.4, 0.5) is 27.1 Å². The first kappa shape index (κ1) is 17.4. The molecule has 0 saturated heterocycles. The second-order valence-corrected chi connectivity index (χ2v) is 4.63. The average molecular weight is 350 g/mol. The van der Waals surface area contributed by atoms with E-state index in [1.807, 2.05) is 5.32 Å². The van der Waals surface area contributed by atoms with Crippen molar-refractivity contribution in [1.82, 2.24) is 0 Å². The Morgan fingerprint density at radius 3 is 1.84 bits per heavy atom. The van der Waals surface area contributed by atoms with Crippen LogP contribution in [0.1, 0.15) is 10.4 Å². The first-order valence-electron chi connectivity index (χ1n) is 6.38. The number of non-ortho nitro benzene ring substituents is 3. The molecule has 1 amide bonds. The smallest absolute Gasteiger partial charge is 0.277 e. The number of nitrogens with one attached hydrogen (secondary N) is 1. The minimum absolute atomic E-state index is 0.480. The number of hydrogen-bond acceptors (Lipinski definition) is 7. The van der Waals surface area contributed by atoms with Crippen molar-refractivity contribution in [3.63, 3.8) is 0 Å². The second-order valence-electron chi connectivity index (χ2n) is 4.63. The Morgan fingerprint density at radius 1 is 0.840 bits per heavy atom. The van der Waals surface area contributed by atoms with Gasteiger partial charge < -0.3 is 5.32 Å². The molecular formula is C13H7FN4O7. The molecule has 0 aromatic heterocycles. The fraction of sp³-hybridized carbons (Fsp3) is 0. The molecule has 25 heavy (non-hydrogen) atoms. The molecule has 2 aromatic carbocycles. The predicted octanol–water partition coefficient (Wildman–Crippen LogP) is 2.80. The largest absolute Gasteiger partial charge is 0.319 e. The number of nitro benzene ring substituents is 3. The minimum atomic E-state index is -1.11. The quantitative estimate of drug-likeness (QED) is 0.641. The summed E-state index contributed by atoms with van der Waals surface area (Å²) in [5.41, 5.74) is -2.94. The summed E-state index contributed by atoms with van der Waals surface area (Å²) < 4.78 is 13.7. The van der Waals surface area contributed by atoms with E-state index in [9.17, 15) is 39.5 Å². The molecule has 2 aromatic rings. The molecule has 0 heterocycles. The number of nitro groups is 3. The van der Waals surface area contributed by atoms with Crippen LogP contribution in [-0.4, -0.2) is 20.7 Å². The fourth-order valence-corrected chi connectivity index (χ4v) is 1.85. The van der Waals surface area contributed by atoms with E-state index in [0.717, 1.165) is 30.3 Å². The van der Waals surface area contributed by atoms with Gasteiger partial charge in [-0.15, -0.1) is 0 Å². The third-order valence-electron chi connectivity index (χ3n) is 3.00. The van der Waals surface area contributed by atoms with Crippen LogP contribution in [0, 0.1) is 36.2 Å². The molecule has 0 bridgehead atoms. The lowest BCUT2D eigenvalue weighted by Gasteiger charge is -2.06. The van der Waals surface area contributed by atoms with E-state index in [1.165, 1.54) is 0 Å². The first-order chi connectivity index (χ1) is 11.7. The maximum atomic E-state index is 13.7. The summed E-state index contributed by atoms with van der Waals surface area (Å²) in [6, 6.07) is 4.56. The van der Waals surface area contributed by atoms with Crippen LogP contribution in [-0.2, 0) is 0 Å². The van der Waals surface area contributed by atoms with Crippen molar-refractivity contribution >= 4 is 28.7 Å². The average Bonchev–Trinajstić information content (AvgIpc) is 2.55. The second kappa shape index (κ2) is 6.66. The number of carbonyl (C=O) groups is 1. The van der Waals surface area contributed by atoms with Crippen LogP contribution >= 0.6 is 0 Å². The van der Waals surface area contributed by atoms with E-state index in [1.54, 1.807) is 0 Å². The summed E-state index contributed by atoms with van der Waals surface area (Å²) in [6.07, 6.45) is 0. The van der Waals surface area contributed by atoms with Gasteiger partial charge in [-0.3, -0.25) is 35.1 Å². The molecule has 0 atom stereocenters. The summed E-state index contributed by atoms with van der Waals surface area (Å²) in [5.74, 6) is -2.09. The number of amides is 1. The summed E-state index contributed by atoms with van der Waals surface area (Å²) in [4.78, 5) is 41.7. The van der Waals surface area contributed by atoms with E-state index in [4.69, 9.17) is 0 Å². The Bertz CT molecular complexity index is 883. The Hall–Kier alpha value is -3.96. The van der Waals surface area contributed by atoms with Gasteiger partial charge in [0.15, 0.2) is 0 Å². The molecule has 128 valence electrons. The number of anilines is 1. The van der Waals surface area contributed by atoms with E-state index in [0.29, 0.717) is 6.07 Å². The van der Waals surface area contributed by atoms with E-state index in [2.05, 4.69) is 0 Å². The monoisotopic (exact) mass is 350 g/mol. The number of halogens is 1. The minimum Gasteiger partial charge on any atom is -0.319 e. The Balaban J connectivity index is 2.41. The fourth-order valence-electron chi connectivity index (χ4n) is 1.85. The predicted molar refractivity (Wildman–Crippen MR) is 80.8 cm³/mol. The highest BCUT2D eigenvalue weighted by molar-refractivity contribution is 6.05. The Morgan fingerprint density at radius 2 is 1.36 bits per heavy atom. The summed E-state index contributed by atoms with van der Waals surface area (Å²) in [5, 5.41) is 34.3. The van der Waals surface area contributed by atoms with E-state index in [-0.39, 0.29) is 0 Å². The van der Waals surface area contributed by atoms with Crippen LogP contribution in [0.25, 0.3) is 0 Å². The number of carbonyl (C=O) groups excluding carboxylic acids is 1. The van der Waals surface area contributed by atoms with Crippen LogP contribution in [0.2, 0.25) is 0 Å². The van der Waals surface area contributed by atoms with Crippen molar-refractivity contribution in [2.24, 2.45) is 0 Å². The molecule has 12 heteroatoms. The standard InChI is InChI=1S/C13H7FN4O7/c14-11-2-1-8(16(20)21)6-12(11)15-13(19)7-3-9(17(22)23)5-10(4-7)18(24)25/h1-6H,(H,15,19). The van der Waals surface area contributed by atoms with Crippen molar-refractivity contribution in [2.45, 2.75) is 0 Å². The van der Waals surface area contributed by atoms with Crippen molar-refractivity contribution in [3.8, 4) is 0 Å². The van der Waals surface area contributed by atoms with Crippen LogP contribution in [0.3, 0.4) is 0 Å². The van der Waals surface area contributed by atoms with Crippen LogP contribution < -0.4 is 5.32 Å². The van der Waals surface area contributed by atoms with Gasteiger partial charge in [-0.2, -0.15) is 0 Å². The molecule has 0 aliphatic heterocycles. The van der Waals surface area contributed by atoms with Gasteiger partial charge in [-0.05, 0) is 6.07 Å². The highest BCUT2D eigenvalue weighted by Gasteiger charge is 2.21. The summed E-state index contributed by atoms with van der Waals surface area (Å²) in [7, 11) is 0. The maximum absolute atomic E-state index is 13.7. The molecule has 0 fully saturated rings. The third kappa shape index (κ3) is 3.87. The highest BCUT2D eigenvalue weighted by atomic mass is 19.1. The van der Waals surface area contributed by atoms with Crippen molar-refractivity contribution in [2.75, 3.05) is 5.32 Å². The van der Waals surface area contributed by atoms with Gasteiger partial charge >= 0.3 is 0 Å².